The van der Waals surface area contributed by atoms with Gasteiger partial charge in [-0.2, -0.15) is 0 Å². The van der Waals surface area contributed by atoms with Crippen LogP contribution in [0.4, 0.5) is 0 Å². The minimum Gasteiger partial charge on any atom is -0.480 e. The van der Waals surface area contributed by atoms with Crippen molar-refractivity contribution >= 4 is 23.7 Å². The maximum atomic E-state index is 11.1. The molecule has 0 heterocycles. The van der Waals surface area contributed by atoms with Crippen LogP contribution >= 0.6 is 11.8 Å². The van der Waals surface area contributed by atoms with Gasteiger partial charge in [0.25, 0.3) is 0 Å². The van der Waals surface area contributed by atoms with E-state index in [0.29, 0.717) is 19.4 Å². The summed E-state index contributed by atoms with van der Waals surface area (Å²) < 4.78 is 3.90. The van der Waals surface area contributed by atoms with Crippen LogP contribution in [0.3, 0.4) is 0 Å². The number of carbonyl (C=O) groups is 2. The van der Waals surface area contributed by atoms with Gasteiger partial charge in [0.2, 0.25) is 0 Å². The van der Waals surface area contributed by atoms with Crippen molar-refractivity contribution in [3.63, 3.8) is 0 Å². The Labute approximate surface area is 94.4 Å². The number of thioether (sulfide) groups is 1. The summed E-state index contributed by atoms with van der Waals surface area (Å²) >= 11 is 1.15. The van der Waals surface area contributed by atoms with Crippen molar-refractivity contribution in [1.82, 2.24) is 0 Å². The van der Waals surface area contributed by atoms with Crippen molar-refractivity contribution in [3.8, 4) is 0 Å². The number of hydrogen-bond acceptors (Lipinski definition) is 4. The highest BCUT2D eigenvalue weighted by atomic mass is 32.2. The molecule has 0 aromatic rings. The summed E-state index contributed by atoms with van der Waals surface area (Å²) in [7, 11) is 0. The Kier molecular flexibility index (Phi) is 6.40. The van der Waals surface area contributed by atoms with Gasteiger partial charge in [-0.1, -0.05) is 13.8 Å². The average molecular weight is 234 g/mol. The molecule has 5 heteroatoms. The maximum Gasteiger partial charge on any atom is 0.319 e. The Bertz CT molecular complexity index is 223. The van der Waals surface area contributed by atoms with Crippen LogP contribution in [0.5, 0.6) is 0 Å². The number of esters is 1. The highest BCUT2D eigenvalue weighted by Crippen LogP contribution is 2.32. The number of carboxylic acids is 1. The molecule has 0 fully saturated rings. The molecule has 0 aliphatic carbocycles. The molecule has 0 aliphatic heterocycles. The highest BCUT2D eigenvalue weighted by Gasteiger charge is 2.36. The smallest absolute Gasteiger partial charge is 0.319 e. The van der Waals surface area contributed by atoms with Crippen LogP contribution in [0.2, 0.25) is 0 Å². The van der Waals surface area contributed by atoms with Crippen LogP contribution < -0.4 is 0 Å². The average Bonchev–Trinajstić information content (AvgIpc) is 2.20. The fraction of sp³-hybridized carbons (Fsp3) is 0.800. The van der Waals surface area contributed by atoms with E-state index in [1.807, 2.05) is 13.8 Å². The van der Waals surface area contributed by atoms with E-state index in [9.17, 15) is 9.59 Å². The van der Waals surface area contributed by atoms with E-state index in [-0.39, 0.29) is 11.7 Å². The molecule has 0 amide bonds. The zero-order valence-electron chi connectivity index (χ0n) is 9.41. The molecule has 1 N–H and O–H groups in total. The van der Waals surface area contributed by atoms with Crippen molar-refractivity contribution in [2.45, 2.75) is 38.4 Å². The van der Waals surface area contributed by atoms with E-state index in [2.05, 4.69) is 0 Å². The molecule has 0 rings (SSSR count). The lowest BCUT2D eigenvalue weighted by Gasteiger charge is -2.25. The van der Waals surface area contributed by atoms with Gasteiger partial charge in [-0.25, -0.2) is 0 Å². The zero-order valence-corrected chi connectivity index (χ0v) is 10.2. The summed E-state index contributed by atoms with van der Waals surface area (Å²) in [4.78, 5) is 22.2. The second-order valence-corrected chi connectivity index (χ2v) is 4.46. The zero-order chi connectivity index (χ0) is 11.9. The van der Waals surface area contributed by atoms with Crippen LogP contribution in [0.25, 0.3) is 0 Å². The fourth-order valence-corrected chi connectivity index (χ4v) is 2.23. The molecule has 88 valence electrons. The number of carbonyl (C=O) groups excluding carboxylic acids is 1. The van der Waals surface area contributed by atoms with Crippen LogP contribution in [0.15, 0.2) is 0 Å². The van der Waals surface area contributed by atoms with E-state index < -0.39 is 10.7 Å². The molecule has 0 aliphatic rings. The monoisotopic (exact) mass is 234 g/mol. The first-order chi connectivity index (χ1) is 7.02. The SMILES string of the molecule is CCOC(=O)CSC(CC)(CC)C(=O)O. The molecule has 0 aromatic carbocycles. The molecular weight excluding hydrogens is 216 g/mol. The highest BCUT2D eigenvalue weighted by molar-refractivity contribution is 8.02. The van der Waals surface area contributed by atoms with Crippen LogP contribution in [-0.2, 0) is 14.3 Å². The number of ether oxygens (including phenoxy) is 1. The number of hydrogen-bond donors (Lipinski definition) is 1. The van der Waals surface area contributed by atoms with Crippen molar-refractivity contribution in [2.24, 2.45) is 0 Å². The first kappa shape index (κ1) is 14.3. The van der Waals surface area contributed by atoms with Gasteiger partial charge >= 0.3 is 11.9 Å². The van der Waals surface area contributed by atoms with E-state index in [4.69, 9.17) is 9.84 Å². The summed E-state index contributed by atoms with van der Waals surface area (Å²) in [6.45, 7) is 5.69. The number of aliphatic carboxylic acids is 1. The minimum absolute atomic E-state index is 0.0990. The molecular formula is C10H18O4S. The summed E-state index contributed by atoms with van der Waals surface area (Å²) in [5, 5.41) is 9.09. The topological polar surface area (TPSA) is 63.6 Å². The molecule has 0 aromatic heterocycles. The Morgan fingerprint density at radius 1 is 1.27 bits per heavy atom. The second kappa shape index (κ2) is 6.71. The Morgan fingerprint density at radius 3 is 2.13 bits per heavy atom. The van der Waals surface area contributed by atoms with Crippen LogP contribution in [-0.4, -0.2) is 34.2 Å². The maximum absolute atomic E-state index is 11.1. The molecule has 15 heavy (non-hydrogen) atoms. The molecule has 0 unspecified atom stereocenters. The van der Waals surface area contributed by atoms with Gasteiger partial charge < -0.3 is 9.84 Å². The van der Waals surface area contributed by atoms with E-state index in [1.165, 1.54) is 0 Å². The Morgan fingerprint density at radius 2 is 1.80 bits per heavy atom. The van der Waals surface area contributed by atoms with Gasteiger partial charge in [-0.05, 0) is 19.8 Å². The summed E-state index contributed by atoms with van der Waals surface area (Å²) in [5.41, 5.74) is 0. The van der Waals surface area contributed by atoms with Crippen molar-refractivity contribution < 1.29 is 19.4 Å². The van der Waals surface area contributed by atoms with Gasteiger partial charge in [-0.3, -0.25) is 9.59 Å². The molecule has 0 spiro atoms. The lowest BCUT2D eigenvalue weighted by Crippen LogP contribution is -2.34. The summed E-state index contributed by atoms with van der Waals surface area (Å²) in [6.07, 6.45) is 1.01. The van der Waals surface area contributed by atoms with Gasteiger partial charge in [-0.15, -0.1) is 11.8 Å². The van der Waals surface area contributed by atoms with Crippen molar-refractivity contribution in [1.29, 1.82) is 0 Å². The lowest BCUT2D eigenvalue weighted by atomic mass is 10.0. The third-order valence-corrected chi connectivity index (χ3v) is 3.99. The lowest BCUT2D eigenvalue weighted by molar-refractivity contribution is -0.140. The van der Waals surface area contributed by atoms with Gasteiger partial charge in [0.05, 0.1) is 12.4 Å². The number of rotatable bonds is 7. The Hall–Kier alpha value is -0.710. The van der Waals surface area contributed by atoms with E-state index in [1.54, 1.807) is 6.92 Å². The first-order valence-electron chi connectivity index (χ1n) is 5.05. The molecule has 0 saturated carbocycles. The quantitative estimate of drug-likeness (QED) is 0.682. The Balaban J connectivity index is 4.30. The van der Waals surface area contributed by atoms with Gasteiger partial charge in [0.15, 0.2) is 0 Å². The van der Waals surface area contributed by atoms with Crippen molar-refractivity contribution in [2.75, 3.05) is 12.4 Å². The second-order valence-electron chi connectivity index (χ2n) is 3.10. The van der Waals surface area contributed by atoms with E-state index in [0.717, 1.165) is 11.8 Å². The number of carboxylic acid groups (broad SMARTS) is 1. The predicted octanol–water partition coefficient (Wildman–Crippen LogP) is 1.93. The fourth-order valence-electron chi connectivity index (χ4n) is 1.22. The molecule has 0 radical (unpaired) electrons. The van der Waals surface area contributed by atoms with Crippen LogP contribution in [0, 0.1) is 0 Å². The molecule has 4 nitrogen and oxygen atoms in total. The van der Waals surface area contributed by atoms with Gasteiger partial charge in [0, 0.05) is 0 Å². The third kappa shape index (κ3) is 4.11. The largest absolute Gasteiger partial charge is 0.480 e. The summed E-state index contributed by atoms with van der Waals surface area (Å²) in [5.74, 6) is -1.11. The molecule has 0 saturated heterocycles. The standard InChI is InChI=1S/C10H18O4S/c1-4-10(5-2,9(12)13)15-7-8(11)14-6-3/h4-7H2,1-3H3,(H,12,13). The molecule has 0 bridgehead atoms. The van der Waals surface area contributed by atoms with Gasteiger partial charge in [0.1, 0.15) is 4.75 Å². The third-order valence-electron chi connectivity index (χ3n) is 2.30. The minimum atomic E-state index is -0.859. The van der Waals surface area contributed by atoms with Crippen LogP contribution in [0.1, 0.15) is 33.6 Å². The van der Waals surface area contributed by atoms with E-state index >= 15 is 0 Å². The first-order valence-corrected chi connectivity index (χ1v) is 6.04. The summed E-state index contributed by atoms with van der Waals surface area (Å²) in [6, 6.07) is 0. The normalized spacial score (nSPS) is 11.1. The molecule has 0 atom stereocenters. The predicted molar refractivity (Wildman–Crippen MR) is 60.0 cm³/mol. The van der Waals surface area contributed by atoms with Crippen molar-refractivity contribution in [3.05, 3.63) is 0 Å².